The average molecular weight is 389 g/mol. The van der Waals surface area contributed by atoms with Crippen LogP contribution in [-0.4, -0.2) is 35.1 Å². The fraction of sp³-hybridized carbons (Fsp3) is 0. The third kappa shape index (κ3) is 2.64. The van der Waals surface area contributed by atoms with Crippen molar-refractivity contribution >= 4 is 22.1 Å². The lowest BCUT2D eigenvalue weighted by molar-refractivity contribution is 1.10. The van der Waals surface area contributed by atoms with E-state index in [-0.39, 0.29) is 0 Å². The summed E-state index contributed by atoms with van der Waals surface area (Å²) in [6.07, 6.45) is 10.8. The Bertz CT molecular complexity index is 1480. The molecule has 0 spiro atoms. The van der Waals surface area contributed by atoms with Gasteiger partial charge in [-0.2, -0.15) is 5.10 Å². The van der Waals surface area contributed by atoms with Crippen molar-refractivity contribution in [1.29, 1.82) is 0 Å². The van der Waals surface area contributed by atoms with Crippen molar-refractivity contribution < 1.29 is 0 Å². The highest BCUT2D eigenvalue weighted by molar-refractivity contribution is 5.99. The Labute approximate surface area is 170 Å². The molecule has 6 aromatic heterocycles. The monoisotopic (exact) mass is 389 g/mol. The second kappa shape index (κ2) is 6.59. The van der Waals surface area contributed by atoms with Crippen LogP contribution in [0.4, 0.5) is 0 Å². The maximum atomic E-state index is 4.52. The van der Waals surface area contributed by atoms with E-state index in [1.165, 1.54) is 0 Å². The molecule has 6 rings (SSSR count). The summed E-state index contributed by atoms with van der Waals surface area (Å²) in [5.74, 6) is 0. The molecule has 0 aromatic carbocycles. The lowest BCUT2D eigenvalue weighted by Crippen LogP contribution is -1.83. The van der Waals surface area contributed by atoms with Crippen molar-refractivity contribution in [1.82, 2.24) is 35.1 Å². The highest BCUT2D eigenvalue weighted by Crippen LogP contribution is 2.33. The van der Waals surface area contributed by atoms with Gasteiger partial charge in [0.2, 0.25) is 0 Å². The molecule has 0 bridgehead atoms. The second-order valence-electron chi connectivity index (χ2n) is 6.97. The van der Waals surface area contributed by atoms with Crippen molar-refractivity contribution in [2.24, 2.45) is 0 Å². The van der Waals surface area contributed by atoms with E-state index in [1.807, 2.05) is 42.7 Å². The first kappa shape index (κ1) is 16.6. The summed E-state index contributed by atoms with van der Waals surface area (Å²) in [5.41, 5.74) is 7.55. The lowest BCUT2D eigenvalue weighted by atomic mass is 10.0. The first-order valence-electron chi connectivity index (χ1n) is 9.50. The number of H-pyrrole nitrogens is 2. The van der Waals surface area contributed by atoms with Crippen LogP contribution >= 0.6 is 0 Å². The van der Waals surface area contributed by atoms with Crippen molar-refractivity contribution in [3.8, 4) is 33.6 Å². The van der Waals surface area contributed by atoms with Gasteiger partial charge in [0.15, 0.2) is 5.65 Å². The predicted octanol–water partition coefficient (Wildman–Crippen LogP) is 4.63. The minimum absolute atomic E-state index is 0.670. The summed E-state index contributed by atoms with van der Waals surface area (Å²) in [7, 11) is 0. The van der Waals surface area contributed by atoms with Crippen LogP contribution in [0.25, 0.3) is 55.7 Å². The maximum absolute atomic E-state index is 4.52. The van der Waals surface area contributed by atoms with Crippen molar-refractivity contribution in [3.63, 3.8) is 0 Å². The zero-order valence-corrected chi connectivity index (χ0v) is 15.7. The van der Waals surface area contributed by atoms with E-state index in [0.717, 1.165) is 50.1 Å². The minimum Gasteiger partial charge on any atom is -0.338 e. The topological polar surface area (TPSA) is 96.0 Å². The molecule has 0 atom stereocenters. The summed E-state index contributed by atoms with van der Waals surface area (Å²) in [6.45, 7) is 0. The van der Waals surface area contributed by atoms with Crippen molar-refractivity contribution in [2.75, 3.05) is 0 Å². The Morgan fingerprint density at radius 1 is 0.667 bits per heavy atom. The van der Waals surface area contributed by atoms with Gasteiger partial charge in [0, 0.05) is 53.5 Å². The van der Waals surface area contributed by atoms with Gasteiger partial charge in [-0.05, 0) is 59.2 Å². The largest absolute Gasteiger partial charge is 0.338 e. The van der Waals surface area contributed by atoms with Gasteiger partial charge >= 0.3 is 0 Å². The predicted molar refractivity (Wildman–Crippen MR) is 115 cm³/mol. The van der Waals surface area contributed by atoms with Crippen molar-refractivity contribution in [3.05, 3.63) is 79.6 Å². The van der Waals surface area contributed by atoms with E-state index in [2.05, 4.69) is 47.2 Å². The maximum Gasteiger partial charge on any atom is 0.181 e. The summed E-state index contributed by atoms with van der Waals surface area (Å²) in [5, 5.41) is 9.51. The fourth-order valence-electron chi connectivity index (χ4n) is 3.75. The fourth-order valence-corrected chi connectivity index (χ4v) is 3.75. The van der Waals surface area contributed by atoms with Gasteiger partial charge in [0.25, 0.3) is 0 Å². The Morgan fingerprint density at radius 2 is 1.43 bits per heavy atom. The number of hydrogen-bond donors (Lipinski definition) is 2. The number of pyridine rings is 4. The molecule has 0 fully saturated rings. The first-order chi connectivity index (χ1) is 14.9. The van der Waals surface area contributed by atoms with Crippen LogP contribution in [0.1, 0.15) is 0 Å². The van der Waals surface area contributed by atoms with Gasteiger partial charge < -0.3 is 4.98 Å². The Balaban J connectivity index is 1.52. The Kier molecular flexibility index (Phi) is 3.64. The summed E-state index contributed by atoms with van der Waals surface area (Å²) in [4.78, 5) is 20.7. The van der Waals surface area contributed by atoms with E-state index < -0.39 is 0 Å². The molecule has 6 aromatic rings. The Hall–Kier alpha value is -4.39. The van der Waals surface area contributed by atoms with Gasteiger partial charge in [-0.1, -0.05) is 0 Å². The molecule has 142 valence electrons. The highest BCUT2D eigenvalue weighted by Gasteiger charge is 2.15. The summed E-state index contributed by atoms with van der Waals surface area (Å²) >= 11 is 0. The standard InChI is InChI=1S/C23H15N7/c1-6-24-7-2-14(1)16-11-19-21(29-30-23(19)27-13-16)20-12-18-17(5-10-26-22(18)28-20)15-3-8-25-9-4-15/h1-13H,(H,26,28)(H,27,29,30). The molecule has 0 amide bonds. The quantitative estimate of drug-likeness (QED) is 0.460. The molecular formula is C23H15N7. The van der Waals surface area contributed by atoms with E-state index in [9.17, 15) is 0 Å². The van der Waals surface area contributed by atoms with Gasteiger partial charge in [0.1, 0.15) is 5.65 Å². The molecule has 0 unspecified atom stereocenters. The average Bonchev–Trinajstić information content (AvgIpc) is 3.43. The third-order valence-electron chi connectivity index (χ3n) is 5.22. The molecule has 0 aliphatic heterocycles. The SMILES string of the molecule is c1cc(-c2cnc3n[nH]c(-c4cc5c(-c6ccncc6)ccnc5[nH]4)c3c2)ccn1. The van der Waals surface area contributed by atoms with Crippen LogP contribution in [-0.2, 0) is 0 Å². The van der Waals surface area contributed by atoms with Gasteiger partial charge in [-0.15, -0.1) is 0 Å². The van der Waals surface area contributed by atoms with Crippen LogP contribution in [0, 0.1) is 0 Å². The number of hydrogen-bond acceptors (Lipinski definition) is 5. The molecule has 0 radical (unpaired) electrons. The second-order valence-corrected chi connectivity index (χ2v) is 6.97. The molecule has 30 heavy (non-hydrogen) atoms. The molecule has 0 saturated carbocycles. The number of aromatic amines is 2. The molecule has 7 heteroatoms. The van der Waals surface area contributed by atoms with Crippen LogP contribution in [0.2, 0.25) is 0 Å². The van der Waals surface area contributed by atoms with Gasteiger partial charge in [0.05, 0.1) is 11.4 Å². The van der Waals surface area contributed by atoms with Crippen molar-refractivity contribution in [2.45, 2.75) is 0 Å². The van der Waals surface area contributed by atoms with Crippen LogP contribution in [0.15, 0.2) is 79.6 Å². The first-order valence-corrected chi connectivity index (χ1v) is 9.50. The van der Waals surface area contributed by atoms with E-state index in [0.29, 0.717) is 5.65 Å². The van der Waals surface area contributed by atoms with E-state index >= 15 is 0 Å². The zero-order valence-electron chi connectivity index (χ0n) is 15.7. The van der Waals surface area contributed by atoms with E-state index in [1.54, 1.807) is 24.8 Å². The third-order valence-corrected chi connectivity index (χ3v) is 5.22. The molecule has 0 aliphatic rings. The number of nitrogens with one attached hydrogen (secondary N) is 2. The van der Waals surface area contributed by atoms with Gasteiger partial charge in [-0.3, -0.25) is 15.1 Å². The van der Waals surface area contributed by atoms with Gasteiger partial charge in [-0.25, -0.2) is 9.97 Å². The summed E-state index contributed by atoms with van der Waals surface area (Å²) < 4.78 is 0. The van der Waals surface area contributed by atoms with E-state index in [4.69, 9.17) is 0 Å². The smallest absolute Gasteiger partial charge is 0.181 e. The van der Waals surface area contributed by atoms with Crippen LogP contribution < -0.4 is 0 Å². The number of nitrogens with zero attached hydrogens (tertiary/aromatic N) is 5. The normalized spacial score (nSPS) is 11.3. The zero-order chi connectivity index (χ0) is 19.9. The molecule has 2 N–H and O–H groups in total. The lowest BCUT2D eigenvalue weighted by Gasteiger charge is -2.01. The minimum atomic E-state index is 0.670. The molecule has 7 nitrogen and oxygen atoms in total. The molecule has 0 saturated heterocycles. The molecule has 6 heterocycles. The number of rotatable bonds is 3. The number of aromatic nitrogens is 7. The van der Waals surface area contributed by atoms with Crippen LogP contribution in [0.5, 0.6) is 0 Å². The number of fused-ring (bicyclic) bond motifs is 2. The Morgan fingerprint density at radius 3 is 2.23 bits per heavy atom. The molecular weight excluding hydrogens is 374 g/mol. The highest BCUT2D eigenvalue weighted by atomic mass is 15.2. The molecule has 0 aliphatic carbocycles. The summed E-state index contributed by atoms with van der Waals surface area (Å²) in [6, 6.07) is 14.1. The van der Waals surface area contributed by atoms with Crippen LogP contribution in [0.3, 0.4) is 0 Å².